The number of hydrogen-bond acceptors (Lipinski definition) is 3. The molecule has 114 valence electrons. The summed E-state index contributed by atoms with van der Waals surface area (Å²) in [7, 11) is -2.02. The first-order chi connectivity index (χ1) is 9.68. The molecule has 6 heteroatoms. The summed E-state index contributed by atoms with van der Waals surface area (Å²) in [6.07, 6.45) is 6.14. The molecule has 0 aromatic heterocycles. The van der Waals surface area contributed by atoms with Crippen LogP contribution < -0.4 is 4.31 Å². The van der Waals surface area contributed by atoms with Crippen molar-refractivity contribution in [2.75, 3.05) is 17.6 Å². The third kappa shape index (κ3) is 3.85. The average Bonchev–Trinajstić information content (AvgIpc) is 3.10. The van der Waals surface area contributed by atoms with E-state index in [2.05, 4.69) is 13.0 Å². The highest BCUT2D eigenvalue weighted by Crippen LogP contribution is 2.39. The van der Waals surface area contributed by atoms with Crippen LogP contribution in [0.3, 0.4) is 0 Å². The molecular formula is C15H19NO4S. The lowest BCUT2D eigenvalue weighted by Crippen LogP contribution is -2.25. The van der Waals surface area contributed by atoms with E-state index in [4.69, 9.17) is 5.11 Å². The molecule has 0 spiro atoms. The van der Waals surface area contributed by atoms with Gasteiger partial charge in [0.25, 0.3) is 0 Å². The third-order valence-corrected chi connectivity index (χ3v) is 4.96. The maximum Gasteiger partial charge on any atom is 0.335 e. The van der Waals surface area contributed by atoms with E-state index in [0.29, 0.717) is 23.1 Å². The van der Waals surface area contributed by atoms with Gasteiger partial charge in [0.05, 0.1) is 17.5 Å². The van der Waals surface area contributed by atoms with Gasteiger partial charge in [-0.2, -0.15) is 0 Å². The second-order valence-corrected chi connectivity index (χ2v) is 7.60. The first-order valence-corrected chi connectivity index (χ1v) is 8.54. The molecular weight excluding hydrogens is 290 g/mol. The van der Waals surface area contributed by atoms with Crippen molar-refractivity contribution in [3.63, 3.8) is 0 Å². The van der Waals surface area contributed by atoms with Gasteiger partial charge in [0.15, 0.2) is 0 Å². The number of carbonyl (C=O) groups is 1. The number of benzene rings is 1. The number of nitrogens with zero attached hydrogens (tertiary/aromatic N) is 1. The maximum absolute atomic E-state index is 11.6. The number of carboxylic acid groups (broad SMARTS) is 1. The number of anilines is 1. The molecule has 1 saturated carbocycles. The zero-order valence-corrected chi connectivity index (χ0v) is 13.1. The Morgan fingerprint density at radius 3 is 2.48 bits per heavy atom. The highest BCUT2D eigenvalue weighted by Gasteiger charge is 2.29. The summed E-state index contributed by atoms with van der Waals surface area (Å²) in [4.78, 5) is 11.2. The van der Waals surface area contributed by atoms with Crippen LogP contribution in [0.4, 0.5) is 5.69 Å². The predicted molar refractivity (Wildman–Crippen MR) is 83.0 cm³/mol. The minimum atomic E-state index is -3.43. The van der Waals surface area contributed by atoms with Crippen LogP contribution in [0.25, 0.3) is 6.08 Å². The number of hydrogen-bond donors (Lipinski definition) is 1. The topological polar surface area (TPSA) is 74.7 Å². The molecule has 1 aliphatic rings. The summed E-state index contributed by atoms with van der Waals surface area (Å²) in [5, 5.41) is 9.16. The molecule has 0 amide bonds. The first-order valence-electron chi connectivity index (χ1n) is 6.69. The minimum absolute atomic E-state index is 0.0755. The number of rotatable bonds is 5. The smallest absolute Gasteiger partial charge is 0.335 e. The van der Waals surface area contributed by atoms with E-state index >= 15 is 0 Å². The predicted octanol–water partition coefficient (Wildman–Crippen LogP) is 2.45. The Balaban J connectivity index is 2.39. The van der Waals surface area contributed by atoms with Crippen LogP contribution in [-0.4, -0.2) is 32.8 Å². The monoisotopic (exact) mass is 309 g/mol. The summed E-state index contributed by atoms with van der Waals surface area (Å²) >= 11 is 0. The van der Waals surface area contributed by atoms with E-state index in [9.17, 15) is 13.2 Å². The second kappa shape index (κ2) is 5.52. The summed E-state index contributed by atoms with van der Waals surface area (Å²) in [5.74, 6) is 0.129. The van der Waals surface area contributed by atoms with Crippen molar-refractivity contribution in [1.29, 1.82) is 0 Å². The van der Waals surface area contributed by atoms with E-state index in [-0.39, 0.29) is 5.56 Å². The Morgan fingerprint density at radius 2 is 2.00 bits per heavy atom. The normalized spacial score (nSPS) is 21.5. The quantitative estimate of drug-likeness (QED) is 0.906. The van der Waals surface area contributed by atoms with Crippen LogP contribution in [0, 0.1) is 11.8 Å². The molecule has 1 fully saturated rings. The van der Waals surface area contributed by atoms with Gasteiger partial charge in [-0.05, 0) is 42.0 Å². The van der Waals surface area contributed by atoms with Crippen molar-refractivity contribution in [2.24, 2.45) is 11.8 Å². The summed E-state index contributed by atoms with van der Waals surface area (Å²) in [6.45, 7) is 2.16. The van der Waals surface area contributed by atoms with Crippen LogP contribution in [0.1, 0.15) is 29.3 Å². The SMILES string of the molecule is C[C@@H]1C[C@H]1/C=C\c1cc(C(=O)O)cc(N(C)S(C)(=O)=O)c1. The van der Waals surface area contributed by atoms with Crippen LogP contribution in [0.15, 0.2) is 24.3 Å². The van der Waals surface area contributed by atoms with Crippen molar-refractivity contribution < 1.29 is 18.3 Å². The van der Waals surface area contributed by atoms with Crippen LogP contribution in [0.2, 0.25) is 0 Å². The second-order valence-electron chi connectivity index (χ2n) is 5.58. The lowest BCUT2D eigenvalue weighted by atomic mass is 10.1. The van der Waals surface area contributed by atoms with Gasteiger partial charge in [-0.1, -0.05) is 19.1 Å². The Bertz CT molecular complexity index is 694. The van der Waals surface area contributed by atoms with Gasteiger partial charge in [0, 0.05) is 7.05 Å². The van der Waals surface area contributed by atoms with Crippen LogP contribution in [-0.2, 0) is 10.0 Å². The Kier molecular flexibility index (Phi) is 4.09. The maximum atomic E-state index is 11.6. The molecule has 1 N–H and O–H groups in total. The molecule has 2 rings (SSSR count). The van der Waals surface area contributed by atoms with Gasteiger partial charge >= 0.3 is 5.97 Å². The van der Waals surface area contributed by atoms with Gasteiger partial charge in [-0.25, -0.2) is 13.2 Å². The summed E-state index contributed by atoms with van der Waals surface area (Å²) < 4.78 is 24.3. The van der Waals surface area contributed by atoms with Gasteiger partial charge < -0.3 is 5.11 Å². The zero-order chi connectivity index (χ0) is 15.8. The lowest BCUT2D eigenvalue weighted by Gasteiger charge is -2.17. The van der Waals surface area contributed by atoms with Gasteiger partial charge in [0.1, 0.15) is 0 Å². The molecule has 0 unspecified atom stereocenters. The molecule has 21 heavy (non-hydrogen) atoms. The van der Waals surface area contributed by atoms with Crippen molar-refractivity contribution in [1.82, 2.24) is 0 Å². The molecule has 1 aromatic carbocycles. The van der Waals surface area contributed by atoms with Crippen molar-refractivity contribution >= 4 is 27.8 Å². The number of carboxylic acids is 1. The van der Waals surface area contributed by atoms with E-state index in [1.165, 1.54) is 13.1 Å². The summed E-state index contributed by atoms with van der Waals surface area (Å²) in [6, 6.07) is 4.59. The largest absolute Gasteiger partial charge is 0.478 e. The summed E-state index contributed by atoms with van der Waals surface area (Å²) in [5.41, 5.74) is 1.12. The van der Waals surface area contributed by atoms with E-state index in [0.717, 1.165) is 17.0 Å². The average molecular weight is 309 g/mol. The van der Waals surface area contributed by atoms with Gasteiger partial charge in [0.2, 0.25) is 10.0 Å². The third-order valence-electron chi connectivity index (χ3n) is 3.76. The highest BCUT2D eigenvalue weighted by molar-refractivity contribution is 7.92. The Morgan fingerprint density at radius 1 is 1.38 bits per heavy atom. The standard InChI is InChI=1S/C15H19NO4S/c1-10-6-12(10)5-4-11-7-13(15(17)18)9-14(8-11)16(2)21(3,19)20/h4-5,7-10,12H,6H2,1-3H3,(H,17,18)/b5-4-/t10-,12-/m1/s1. The molecule has 2 atom stereocenters. The van der Waals surface area contributed by atoms with Gasteiger partial charge in [-0.3, -0.25) is 4.31 Å². The fourth-order valence-corrected chi connectivity index (χ4v) is 2.57. The van der Waals surface area contributed by atoms with Crippen molar-refractivity contribution in [2.45, 2.75) is 13.3 Å². The molecule has 1 aliphatic carbocycles. The van der Waals surface area contributed by atoms with Crippen LogP contribution in [0.5, 0.6) is 0 Å². The Labute approximate surface area is 124 Å². The zero-order valence-electron chi connectivity index (χ0n) is 12.3. The van der Waals surface area contributed by atoms with E-state index in [1.54, 1.807) is 12.1 Å². The van der Waals surface area contributed by atoms with Crippen molar-refractivity contribution in [3.05, 3.63) is 35.4 Å². The minimum Gasteiger partial charge on any atom is -0.478 e. The molecule has 0 bridgehead atoms. The molecule has 0 radical (unpaired) electrons. The fraction of sp³-hybridized carbons (Fsp3) is 0.400. The molecule has 5 nitrogen and oxygen atoms in total. The van der Waals surface area contributed by atoms with Crippen LogP contribution >= 0.6 is 0 Å². The Hall–Kier alpha value is -1.82. The number of sulfonamides is 1. The highest BCUT2D eigenvalue weighted by atomic mass is 32.2. The number of aromatic carboxylic acids is 1. The number of allylic oxidation sites excluding steroid dienone is 1. The molecule has 0 aliphatic heterocycles. The lowest BCUT2D eigenvalue weighted by molar-refractivity contribution is 0.0697. The first kappa shape index (κ1) is 15.6. The molecule has 0 saturated heterocycles. The molecule has 1 aromatic rings. The molecule has 0 heterocycles. The van der Waals surface area contributed by atoms with E-state index < -0.39 is 16.0 Å². The van der Waals surface area contributed by atoms with Crippen molar-refractivity contribution in [3.8, 4) is 0 Å². The van der Waals surface area contributed by atoms with Gasteiger partial charge in [-0.15, -0.1) is 0 Å². The fourth-order valence-electron chi connectivity index (χ4n) is 2.08. The van der Waals surface area contributed by atoms with E-state index in [1.807, 2.05) is 6.08 Å².